The number of likely N-dealkylation sites (tertiary alicyclic amines) is 1. The first-order valence-electron chi connectivity index (χ1n) is 8.47. The average Bonchev–Trinajstić information content (AvgIpc) is 2.95. The molecule has 2 aliphatic heterocycles. The molecule has 0 atom stereocenters. The monoisotopic (exact) mass is 317 g/mol. The molecule has 1 aromatic rings. The van der Waals surface area contributed by atoms with E-state index in [0.717, 1.165) is 44.5 Å². The highest BCUT2D eigenvalue weighted by molar-refractivity contribution is 5.91. The maximum absolute atomic E-state index is 12.3. The third-order valence-corrected chi connectivity index (χ3v) is 5.31. The van der Waals surface area contributed by atoms with Gasteiger partial charge in [0.25, 0.3) is 0 Å². The van der Waals surface area contributed by atoms with Gasteiger partial charge in [-0.15, -0.1) is 0 Å². The molecule has 2 fully saturated rings. The molecule has 0 saturated carbocycles. The predicted octanol–water partition coefficient (Wildman–Crippen LogP) is 2.63. The summed E-state index contributed by atoms with van der Waals surface area (Å²) in [6.07, 6.45) is 11.6. The summed E-state index contributed by atoms with van der Waals surface area (Å²) in [4.78, 5) is 14.3. The number of aromatic nitrogens is 2. The van der Waals surface area contributed by atoms with E-state index >= 15 is 0 Å². The number of nitrogens with zero attached hydrogens (tertiary/aromatic N) is 3. The standard InChI is InChI=1S/C18H27N3O2/c1-17(2)6-7-18(14-23-17)8-10-21(11-9-18)16(22)5-4-15-12-19-20(3)13-15/h4-5,12-13H,6-11,14H2,1-3H3/b5-4+. The summed E-state index contributed by atoms with van der Waals surface area (Å²) in [6.45, 7) is 6.84. The Hall–Kier alpha value is -1.62. The maximum Gasteiger partial charge on any atom is 0.246 e. The minimum absolute atomic E-state index is 0.0185. The molecule has 3 rings (SSSR count). The summed E-state index contributed by atoms with van der Waals surface area (Å²) < 4.78 is 7.77. The molecule has 2 aliphatic rings. The second kappa shape index (κ2) is 6.11. The Morgan fingerprint density at radius 1 is 1.26 bits per heavy atom. The summed E-state index contributed by atoms with van der Waals surface area (Å²) in [6, 6.07) is 0. The van der Waals surface area contributed by atoms with E-state index in [4.69, 9.17) is 4.74 Å². The number of rotatable bonds is 2. The lowest BCUT2D eigenvalue weighted by atomic mass is 9.72. The van der Waals surface area contributed by atoms with E-state index in [1.54, 1.807) is 17.0 Å². The SMILES string of the molecule is Cn1cc(/C=C/C(=O)N2CCC3(CC2)CCC(C)(C)OC3)cn1. The number of hydrogen-bond donors (Lipinski definition) is 0. The van der Waals surface area contributed by atoms with Crippen LogP contribution in [0.15, 0.2) is 18.5 Å². The number of carbonyl (C=O) groups excluding carboxylic acids is 1. The van der Waals surface area contributed by atoms with Crippen LogP contribution in [0.5, 0.6) is 0 Å². The molecule has 3 heterocycles. The van der Waals surface area contributed by atoms with E-state index in [9.17, 15) is 4.79 Å². The lowest BCUT2D eigenvalue weighted by Gasteiger charge is -2.47. The van der Waals surface area contributed by atoms with Gasteiger partial charge in [0.1, 0.15) is 0 Å². The molecule has 2 saturated heterocycles. The number of ether oxygens (including phenoxy) is 1. The fraction of sp³-hybridized carbons (Fsp3) is 0.667. The minimum Gasteiger partial charge on any atom is -0.375 e. The quantitative estimate of drug-likeness (QED) is 0.788. The van der Waals surface area contributed by atoms with Crippen LogP contribution in [0.25, 0.3) is 6.08 Å². The Morgan fingerprint density at radius 3 is 2.57 bits per heavy atom. The molecular formula is C18H27N3O2. The Bertz CT molecular complexity index is 583. The lowest BCUT2D eigenvalue weighted by molar-refractivity contribution is -0.141. The fourth-order valence-electron chi connectivity index (χ4n) is 3.45. The van der Waals surface area contributed by atoms with Crippen LogP contribution >= 0.6 is 0 Å². The van der Waals surface area contributed by atoms with Crippen molar-refractivity contribution in [3.05, 3.63) is 24.0 Å². The van der Waals surface area contributed by atoms with Gasteiger partial charge in [-0.2, -0.15) is 5.10 Å². The summed E-state index contributed by atoms with van der Waals surface area (Å²) >= 11 is 0. The molecule has 1 amide bonds. The predicted molar refractivity (Wildman–Crippen MR) is 89.8 cm³/mol. The Labute approximate surface area is 138 Å². The van der Waals surface area contributed by atoms with Crippen LogP contribution in [-0.2, 0) is 16.6 Å². The van der Waals surface area contributed by atoms with Crippen LogP contribution < -0.4 is 0 Å². The average molecular weight is 317 g/mol. The van der Waals surface area contributed by atoms with Crippen LogP contribution in [-0.4, -0.2) is 45.9 Å². The van der Waals surface area contributed by atoms with Crippen LogP contribution in [0.4, 0.5) is 0 Å². The van der Waals surface area contributed by atoms with Crippen molar-refractivity contribution in [1.29, 1.82) is 0 Å². The molecule has 1 aromatic heterocycles. The Balaban J connectivity index is 1.52. The van der Waals surface area contributed by atoms with E-state index in [1.807, 2.05) is 24.2 Å². The van der Waals surface area contributed by atoms with E-state index < -0.39 is 0 Å². The molecule has 126 valence electrons. The van der Waals surface area contributed by atoms with Gasteiger partial charge in [0.15, 0.2) is 0 Å². The van der Waals surface area contributed by atoms with Gasteiger partial charge in [-0.05, 0) is 51.0 Å². The van der Waals surface area contributed by atoms with Gasteiger partial charge in [0.2, 0.25) is 5.91 Å². The highest BCUT2D eigenvalue weighted by atomic mass is 16.5. The zero-order valence-corrected chi connectivity index (χ0v) is 14.4. The van der Waals surface area contributed by atoms with Crippen molar-refractivity contribution in [3.63, 3.8) is 0 Å². The highest BCUT2D eigenvalue weighted by Crippen LogP contribution is 2.43. The smallest absolute Gasteiger partial charge is 0.246 e. The number of hydrogen-bond acceptors (Lipinski definition) is 3. The molecule has 23 heavy (non-hydrogen) atoms. The lowest BCUT2D eigenvalue weighted by Crippen LogP contribution is -2.49. The van der Waals surface area contributed by atoms with Crippen molar-refractivity contribution in [2.75, 3.05) is 19.7 Å². The molecule has 0 aromatic carbocycles. The zero-order chi connectivity index (χ0) is 16.5. The summed E-state index contributed by atoms with van der Waals surface area (Å²) in [5, 5.41) is 4.10. The first-order chi connectivity index (χ1) is 10.9. The molecule has 5 heteroatoms. The van der Waals surface area contributed by atoms with Gasteiger partial charge in [-0.3, -0.25) is 9.48 Å². The van der Waals surface area contributed by atoms with E-state index in [-0.39, 0.29) is 11.5 Å². The summed E-state index contributed by atoms with van der Waals surface area (Å²) in [7, 11) is 1.87. The van der Waals surface area contributed by atoms with Gasteiger partial charge >= 0.3 is 0 Å². The number of amides is 1. The first-order valence-corrected chi connectivity index (χ1v) is 8.47. The molecular weight excluding hydrogens is 290 g/mol. The molecule has 0 bridgehead atoms. The molecule has 0 unspecified atom stereocenters. The second-order valence-corrected chi connectivity index (χ2v) is 7.65. The fourth-order valence-corrected chi connectivity index (χ4v) is 3.45. The normalized spacial score (nSPS) is 23.5. The van der Waals surface area contributed by atoms with Crippen molar-refractivity contribution in [3.8, 4) is 0 Å². The van der Waals surface area contributed by atoms with E-state index in [2.05, 4.69) is 18.9 Å². The topological polar surface area (TPSA) is 47.4 Å². The second-order valence-electron chi connectivity index (χ2n) is 7.65. The third kappa shape index (κ3) is 3.83. The van der Waals surface area contributed by atoms with Gasteiger partial charge in [-0.1, -0.05) is 0 Å². The molecule has 0 radical (unpaired) electrons. The molecule has 0 N–H and O–H groups in total. The minimum atomic E-state index is 0.0185. The number of carbonyl (C=O) groups is 1. The maximum atomic E-state index is 12.3. The molecule has 0 aliphatic carbocycles. The van der Waals surface area contributed by atoms with E-state index in [0.29, 0.717) is 5.41 Å². The van der Waals surface area contributed by atoms with Crippen molar-refractivity contribution >= 4 is 12.0 Å². The zero-order valence-electron chi connectivity index (χ0n) is 14.4. The van der Waals surface area contributed by atoms with Crippen LogP contribution in [0.2, 0.25) is 0 Å². The molecule has 5 nitrogen and oxygen atoms in total. The first kappa shape index (κ1) is 16.2. The largest absolute Gasteiger partial charge is 0.375 e. The highest BCUT2D eigenvalue weighted by Gasteiger charge is 2.41. The van der Waals surface area contributed by atoms with Crippen molar-refractivity contribution < 1.29 is 9.53 Å². The van der Waals surface area contributed by atoms with Crippen molar-refractivity contribution in [1.82, 2.24) is 14.7 Å². The van der Waals surface area contributed by atoms with Gasteiger partial charge in [0.05, 0.1) is 18.4 Å². The number of piperidine rings is 1. The Morgan fingerprint density at radius 2 is 2.00 bits per heavy atom. The van der Waals surface area contributed by atoms with Crippen molar-refractivity contribution in [2.24, 2.45) is 12.5 Å². The summed E-state index contributed by atoms with van der Waals surface area (Å²) in [5.74, 6) is 0.0979. The van der Waals surface area contributed by atoms with Crippen molar-refractivity contribution in [2.45, 2.75) is 45.1 Å². The van der Waals surface area contributed by atoms with E-state index in [1.165, 1.54) is 6.42 Å². The number of aryl methyl sites for hydroxylation is 1. The van der Waals surface area contributed by atoms with Crippen LogP contribution in [0.1, 0.15) is 45.1 Å². The van der Waals surface area contributed by atoms with Gasteiger partial charge < -0.3 is 9.64 Å². The third-order valence-electron chi connectivity index (χ3n) is 5.31. The Kier molecular flexibility index (Phi) is 4.32. The van der Waals surface area contributed by atoms with Gasteiger partial charge in [-0.25, -0.2) is 0 Å². The van der Waals surface area contributed by atoms with Gasteiger partial charge in [0, 0.05) is 38.0 Å². The molecule has 1 spiro atoms. The van der Waals surface area contributed by atoms with Crippen LogP contribution in [0, 0.1) is 5.41 Å². The van der Waals surface area contributed by atoms with Crippen LogP contribution in [0.3, 0.4) is 0 Å². The summed E-state index contributed by atoms with van der Waals surface area (Å²) in [5.41, 5.74) is 1.27.